The van der Waals surface area contributed by atoms with Crippen molar-refractivity contribution in [3.8, 4) is 5.75 Å². The monoisotopic (exact) mass is 391 g/mol. The number of hydrogen-bond acceptors (Lipinski definition) is 2. The zero-order chi connectivity index (χ0) is 20.5. The summed E-state index contributed by atoms with van der Waals surface area (Å²) in [4.78, 5) is 0. The Hall–Kier alpha value is -3.52. The minimum absolute atomic E-state index is 0.0921. The molecule has 4 aromatic rings. The van der Waals surface area contributed by atoms with Crippen LogP contribution in [0.15, 0.2) is 97.1 Å². The summed E-state index contributed by atoms with van der Waals surface area (Å²) in [5.74, 6) is 0.549. The van der Waals surface area contributed by atoms with Crippen LogP contribution in [-0.4, -0.2) is 5.11 Å². The number of phenolic OH excluding ortho intramolecular Hbond substituents is 1. The van der Waals surface area contributed by atoms with Crippen LogP contribution in [-0.2, 0) is 12.8 Å². The van der Waals surface area contributed by atoms with E-state index in [1.54, 1.807) is 12.1 Å². The van der Waals surface area contributed by atoms with Crippen molar-refractivity contribution in [2.24, 2.45) is 0 Å². The van der Waals surface area contributed by atoms with Gasteiger partial charge in [-0.15, -0.1) is 0 Å². The number of nitrogen functional groups attached to an aromatic ring is 1. The van der Waals surface area contributed by atoms with E-state index >= 15 is 0 Å². The molecule has 1 aliphatic carbocycles. The number of nitrogens with two attached hydrogens (primary N) is 1. The summed E-state index contributed by atoms with van der Waals surface area (Å²) in [6.45, 7) is 0. The van der Waals surface area contributed by atoms with E-state index in [1.165, 1.54) is 33.4 Å². The third-order valence-electron chi connectivity index (χ3n) is 6.30. The van der Waals surface area contributed by atoms with E-state index in [0.29, 0.717) is 0 Å². The largest absolute Gasteiger partial charge is 0.508 e. The molecule has 0 heterocycles. The highest BCUT2D eigenvalue weighted by molar-refractivity contribution is 5.53. The molecule has 4 aromatic carbocycles. The van der Waals surface area contributed by atoms with Crippen LogP contribution < -0.4 is 5.73 Å². The van der Waals surface area contributed by atoms with E-state index in [9.17, 15) is 5.11 Å². The Labute approximate surface area is 177 Å². The Morgan fingerprint density at radius 1 is 0.667 bits per heavy atom. The molecule has 0 spiro atoms. The molecule has 1 aliphatic rings. The Balaban J connectivity index is 1.79. The Kier molecular flexibility index (Phi) is 4.76. The molecule has 3 N–H and O–H groups in total. The Bertz CT molecular complexity index is 1130. The van der Waals surface area contributed by atoms with E-state index in [1.807, 2.05) is 24.3 Å². The predicted molar refractivity (Wildman–Crippen MR) is 123 cm³/mol. The van der Waals surface area contributed by atoms with E-state index in [-0.39, 0.29) is 17.6 Å². The fourth-order valence-corrected chi connectivity index (χ4v) is 4.94. The van der Waals surface area contributed by atoms with Gasteiger partial charge >= 0.3 is 0 Å². The van der Waals surface area contributed by atoms with Crippen LogP contribution in [0.4, 0.5) is 5.69 Å². The first kappa shape index (κ1) is 18.5. The number of hydrogen-bond donors (Lipinski definition) is 2. The molecule has 5 rings (SSSR count). The summed E-state index contributed by atoms with van der Waals surface area (Å²) in [5.41, 5.74) is 14.9. The van der Waals surface area contributed by atoms with Crippen LogP contribution in [0.3, 0.4) is 0 Å². The average Bonchev–Trinajstić information content (AvgIpc) is 2.93. The first-order valence-corrected chi connectivity index (χ1v) is 10.5. The molecule has 0 radical (unpaired) electrons. The van der Waals surface area contributed by atoms with Crippen LogP contribution in [0.2, 0.25) is 0 Å². The first-order chi connectivity index (χ1) is 14.7. The number of benzene rings is 4. The van der Waals surface area contributed by atoms with Gasteiger partial charge in [-0.3, -0.25) is 0 Å². The molecule has 0 amide bonds. The van der Waals surface area contributed by atoms with Gasteiger partial charge in [-0.2, -0.15) is 0 Å². The minimum atomic E-state index is 0.0921. The zero-order valence-corrected chi connectivity index (χ0v) is 16.8. The lowest BCUT2D eigenvalue weighted by Gasteiger charge is -2.31. The van der Waals surface area contributed by atoms with E-state index in [0.717, 1.165) is 18.5 Å². The van der Waals surface area contributed by atoms with Crippen LogP contribution >= 0.6 is 0 Å². The quantitative estimate of drug-likeness (QED) is 0.418. The SMILES string of the molecule is Nc1cccc(C(c2ccc(O)cc2)C2c3ccccc3CCc3ccccc32)c1. The normalized spacial score (nSPS) is 14.4. The smallest absolute Gasteiger partial charge is 0.115 e. The van der Waals surface area contributed by atoms with Crippen molar-refractivity contribution in [3.05, 3.63) is 130 Å². The maximum absolute atomic E-state index is 9.90. The molecule has 0 bridgehead atoms. The third kappa shape index (κ3) is 3.35. The number of rotatable bonds is 3. The van der Waals surface area contributed by atoms with Crippen molar-refractivity contribution >= 4 is 5.69 Å². The fraction of sp³-hybridized carbons (Fsp3) is 0.143. The van der Waals surface area contributed by atoms with Gasteiger partial charge in [-0.1, -0.05) is 72.8 Å². The molecule has 148 valence electrons. The van der Waals surface area contributed by atoms with Crippen molar-refractivity contribution in [2.45, 2.75) is 24.7 Å². The Morgan fingerprint density at radius 3 is 1.87 bits per heavy atom. The predicted octanol–water partition coefficient (Wildman–Crippen LogP) is 6.04. The van der Waals surface area contributed by atoms with Gasteiger partial charge in [0.05, 0.1) is 0 Å². The van der Waals surface area contributed by atoms with Gasteiger partial charge in [0, 0.05) is 17.5 Å². The zero-order valence-electron chi connectivity index (χ0n) is 16.8. The molecule has 0 aliphatic heterocycles. The topological polar surface area (TPSA) is 46.2 Å². The van der Waals surface area contributed by atoms with Crippen LogP contribution in [0.1, 0.15) is 45.2 Å². The molecule has 2 nitrogen and oxygen atoms in total. The van der Waals surface area contributed by atoms with Crippen molar-refractivity contribution in [1.82, 2.24) is 0 Å². The summed E-state index contributed by atoms with van der Waals surface area (Å²) in [6, 6.07) is 33.5. The van der Waals surface area contributed by atoms with Gasteiger partial charge in [0.2, 0.25) is 0 Å². The number of aryl methyl sites for hydroxylation is 2. The van der Waals surface area contributed by atoms with Crippen molar-refractivity contribution in [1.29, 1.82) is 0 Å². The van der Waals surface area contributed by atoms with Crippen molar-refractivity contribution in [2.75, 3.05) is 5.73 Å². The standard InChI is InChI=1S/C28H25NO/c29-23-9-5-8-22(18-23)27(21-14-16-24(30)17-15-21)28-25-10-3-1-6-19(25)12-13-20-7-2-4-11-26(20)28/h1-11,14-18,27-28,30H,12-13,29H2. The third-order valence-corrected chi connectivity index (χ3v) is 6.30. The highest BCUT2D eigenvalue weighted by Crippen LogP contribution is 2.47. The van der Waals surface area contributed by atoms with Gasteiger partial charge in [0.1, 0.15) is 5.75 Å². The molecule has 0 saturated heterocycles. The molecular weight excluding hydrogens is 366 g/mol. The van der Waals surface area contributed by atoms with Crippen LogP contribution in [0.25, 0.3) is 0 Å². The van der Waals surface area contributed by atoms with Crippen LogP contribution in [0.5, 0.6) is 5.75 Å². The highest BCUT2D eigenvalue weighted by Gasteiger charge is 2.32. The number of anilines is 1. The summed E-state index contributed by atoms with van der Waals surface area (Å²) in [5, 5.41) is 9.90. The molecule has 0 saturated carbocycles. The second-order valence-electron chi connectivity index (χ2n) is 8.11. The van der Waals surface area contributed by atoms with Gasteiger partial charge in [0.25, 0.3) is 0 Å². The maximum Gasteiger partial charge on any atom is 0.115 e. The lowest BCUT2D eigenvalue weighted by molar-refractivity contribution is 0.475. The number of aromatic hydroxyl groups is 1. The van der Waals surface area contributed by atoms with E-state index in [2.05, 4.69) is 60.7 Å². The van der Waals surface area contributed by atoms with Crippen LogP contribution in [0, 0.1) is 0 Å². The number of fused-ring (bicyclic) bond motifs is 2. The van der Waals surface area contributed by atoms with E-state index in [4.69, 9.17) is 5.73 Å². The van der Waals surface area contributed by atoms with Gasteiger partial charge in [0.15, 0.2) is 0 Å². The average molecular weight is 392 g/mol. The molecule has 0 fully saturated rings. The van der Waals surface area contributed by atoms with Gasteiger partial charge in [-0.25, -0.2) is 0 Å². The second kappa shape index (κ2) is 7.72. The molecule has 1 unspecified atom stereocenters. The second-order valence-corrected chi connectivity index (χ2v) is 8.11. The molecule has 2 heteroatoms. The van der Waals surface area contributed by atoms with Crippen molar-refractivity contribution < 1.29 is 5.11 Å². The van der Waals surface area contributed by atoms with Gasteiger partial charge in [-0.05, 0) is 70.5 Å². The fourth-order valence-electron chi connectivity index (χ4n) is 4.94. The number of phenols is 1. The maximum atomic E-state index is 9.90. The summed E-state index contributed by atoms with van der Waals surface area (Å²) in [6.07, 6.45) is 2.09. The summed E-state index contributed by atoms with van der Waals surface area (Å²) < 4.78 is 0. The Morgan fingerprint density at radius 2 is 1.27 bits per heavy atom. The molecule has 30 heavy (non-hydrogen) atoms. The minimum Gasteiger partial charge on any atom is -0.508 e. The lowest BCUT2D eigenvalue weighted by Crippen LogP contribution is -2.16. The molecule has 1 atom stereocenters. The summed E-state index contributed by atoms with van der Waals surface area (Å²) >= 11 is 0. The first-order valence-electron chi connectivity index (χ1n) is 10.5. The van der Waals surface area contributed by atoms with E-state index < -0.39 is 0 Å². The lowest BCUT2D eigenvalue weighted by atomic mass is 9.72. The highest BCUT2D eigenvalue weighted by atomic mass is 16.3. The van der Waals surface area contributed by atoms with Crippen molar-refractivity contribution in [3.63, 3.8) is 0 Å². The summed E-state index contributed by atoms with van der Waals surface area (Å²) in [7, 11) is 0. The molecular formula is C28H25NO. The van der Waals surface area contributed by atoms with Gasteiger partial charge < -0.3 is 10.8 Å². The molecule has 0 aromatic heterocycles.